The molecule has 0 bridgehead atoms. The van der Waals surface area contributed by atoms with Gasteiger partial charge in [0.2, 0.25) is 5.91 Å². The van der Waals surface area contributed by atoms with Crippen LogP contribution in [-0.4, -0.2) is 25.2 Å². The number of anilines is 1. The summed E-state index contributed by atoms with van der Waals surface area (Å²) in [5, 5.41) is 2.88. The SMILES string of the molecule is O=C(CCc1cccc(F)c1)Nc1ccccc1OCC1CCCCO1. The largest absolute Gasteiger partial charge is 0.489 e. The fourth-order valence-electron chi connectivity index (χ4n) is 2.98. The number of carbonyl (C=O) groups is 1. The normalized spacial score (nSPS) is 16.9. The molecule has 1 unspecified atom stereocenters. The van der Waals surface area contributed by atoms with Crippen molar-refractivity contribution in [3.05, 3.63) is 59.9 Å². The molecule has 3 rings (SSSR count). The van der Waals surface area contributed by atoms with Crippen LogP contribution in [0.15, 0.2) is 48.5 Å². The number of carbonyl (C=O) groups excluding carboxylic acids is 1. The van der Waals surface area contributed by atoms with E-state index in [0.717, 1.165) is 31.4 Å². The van der Waals surface area contributed by atoms with E-state index in [1.165, 1.54) is 12.1 Å². The van der Waals surface area contributed by atoms with Crippen molar-refractivity contribution in [1.82, 2.24) is 0 Å². The third-order valence-electron chi connectivity index (χ3n) is 4.39. The molecule has 1 aliphatic heterocycles. The topological polar surface area (TPSA) is 47.6 Å². The van der Waals surface area contributed by atoms with Crippen LogP contribution in [0.4, 0.5) is 10.1 Å². The predicted molar refractivity (Wildman–Crippen MR) is 98.9 cm³/mol. The Morgan fingerprint density at radius 3 is 2.88 bits per heavy atom. The molecule has 1 amide bonds. The van der Waals surface area contributed by atoms with Crippen molar-refractivity contribution in [2.75, 3.05) is 18.5 Å². The quantitative estimate of drug-likeness (QED) is 0.802. The molecule has 2 aromatic rings. The zero-order chi connectivity index (χ0) is 18.2. The van der Waals surface area contributed by atoms with Gasteiger partial charge in [0.25, 0.3) is 0 Å². The number of rotatable bonds is 7. The first-order valence-corrected chi connectivity index (χ1v) is 9.08. The van der Waals surface area contributed by atoms with Crippen LogP contribution in [-0.2, 0) is 16.0 Å². The Morgan fingerprint density at radius 2 is 2.08 bits per heavy atom. The number of nitrogens with one attached hydrogen (secondary N) is 1. The molecular formula is C21H24FNO3. The number of benzene rings is 2. The van der Waals surface area contributed by atoms with Crippen LogP contribution in [0.2, 0.25) is 0 Å². The van der Waals surface area contributed by atoms with Crippen molar-refractivity contribution in [1.29, 1.82) is 0 Å². The lowest BCUT2D eigenvalue weighted by molar-refractivity contribution is -0.116. The van der Waals surface area contributed by atoms with Crippen LogP contribution >= 0.6 is 0 Å². The van der Waals surface area contributed by atoms with Gasteiger partial charge in [-0.25, -0.2) is 4.39 Å². The zero-order valence-corrected chi connectivity index (χ0v) is 14.7. The lowest BCUT2D eigenvalue weighted by Gasteiger charge is -2.23. The van der Waals surface area contributed by atoms with E-state index in [-0.39, 0.29) is 24.2 Å². The lowest BCUT2D eigenvalue weighted by atomic mass is 10.1. The standard InChI is InChI=1S/C21H24FNO3/c22-17-7-5-6-16(14-17)11-12-21(24)23-19-9-1-2-10-20(19)26-15-18-8-3-4-13-25-18/h1-2,5-7,9-10,14,18H,3-4,8,11-13,15H2,(H,23,24). The van der Waals surface area contributed by atoms with E-state index >= 15 is 0 Å². The van der Waals surface area contributed by atoms with Crippen LogP contribution in [0.3, 0.4) is 0 Å². The summed E-state index contributed by atoms with van der Waals surface area (Å²) in [5.74, 6) is 0.228. The summed E-state index contributed by atoms with van der Waals surface area (Å²) in [6, 6.07) is 13.7. The molecule has 0 spiro atoms. The number of para-hydroxylation sites is 2. The smallest absolute Gasteiger partial charge is 0.224 e. The average molecular weight is 357 g/mol. The molecule has 1 aliphatic rings. The molecule has 0 radical (unpaired) electrons. The number of aryl methyl sites for hydroxylation is 1. The van der Waals surface area contributed by atoms with Crippen LogP contribution in [0.5, 0.6) is 5.75 Å². The van der Waals surface area contributed by atoms with Crippen molar-refractivity contribution < 1.29 is 18.7 Å². The average Bonchev–Trinajstić information content (AvgIpc) is 2.67. The highest BCUT2D eigenvalue weighted by molar-refractivity contribution is 5.92. The van der Waals surface area contributed by atoms with Gasteiger partial charge in [-0.15, -0.1) is 0 Å². The lowest BCUT2D eigenvalue weighted by Crippen LogP contribution is -2.26. The summed E-state index contributed by atoms with van der Waals surface area (Å²) in [5.41, 5.74) is 1.45. The highest BCUT2D eigenvalue weighted by Crippen LogP contribution is 2.25. The molecule has 1 fully saturated rings. The first-order chi connectivity index (χ1) is 12.7. The van der Waals surface area contributed by atoms with Crippen LogP contribution in [0, 0.1) is 5.82 Å². The summed E-state index contributed by atoms with van der Waals surface area (Å²) < 4.78 is 24.7. The Labute approximate surface area is 153 Å². The Kier molecular flexibility index (Phi) is 6.61. The Morgan fingerprint density at radius 1 is 1.19 bits per heavy atom. The maximum absolute atomic E-state index is 13.2. The summed E-state index contributed by atoms with van der Waals surface area (Å²) in [6.07, 6.45) is 4.15. The molecular weight excluding hydrogens is 333 g/mol. The second-order valence-corrected chi connectivity index (χ2v) is 6.47. The number of halogens is 1. The third kappa shape index (κ3) is 5.56. The van der Waals surface area contributed by atoms with Gasteiger partial charge in [0.15, 0.2) is 0 Å². The second kappa shape index (κ2) is 9.34. The highest BCUT2D eigenvalue weighted by Gasteiger charge is 2.15. The van der Waals surface area contributed by atoms with Gasteiger partial charge in [0, 0.05) is 13.0 Å². The van der Waals surface area contributed by atoms with Crippen molar-refractivity contribution >= 4 is 11.6 Å². The van der Waals surface area contributed by atoms with Crippen LogP contribution in [0.1, 0.15) is 31.2 Å². The Balaban J connectivity index is 1.52. The summed E-state index contributed by atoms with van der Waals surface area (Å²) in [6.45, 7) is 1.27. The number of hydrogen-bond donors (Lipinski definition) is 1. The first kappa shape index (κ1) is 18.4. The number of amides is 1. The van der Waals surface area contributed by atoms with Gasteiger partial charge in [-0.2, -0.15) is 0 Å². The van der Waals surface area contributed by atoms with Gasteiger partial charge in [-0.05, 0) is 55.5 Å². The number of hydrogen-bond acceptors (Lipinski definition) is 3. The molecule has 1 saturated heterocycles. The molecule has 26 heavy (non-hydrogen) atoms. The van der Waals surface area contributed by atoms with E-state index in [9.17, 15) is 9.18 Å². The predicted octanol–water partition coefficient (Wildman–Crippen LogP) is 4.34. The highest BCUT2D eigenvalue weighted by atomic mass is 19.1. The molecule has 5 heteroatoms. The van der Waals surface area contributed by atoms with Crippen molar-refractivity contribution in [2.45, 2.75) is 38.2 Å². The van der Waals surface area contributed by atoms with E-state index in [0.29, 0.717) is 24.5 Å². The number of ether oxygens (including phenoxy) is 2. The molecule has 4 nitrogen and oxygen atoms in total. The van der Waals surface area contributed by atoms with E-state index in [4.69, 9.17) is 9.47 Å². The molecule has 1 N–H and O–H groups in total. The van der Waals surface area contributed by atoms with Gasteiger partial charge in [-0.3, -0.25) is 4.79 Å². The fraction of sp³-hybridized carbons (Fsp3) is 0.381. The Bertz CT molecular complexity index is 729. The van der Waals surface area contributed by atoms with Gasteiger partial charge in [0.05, 0.1) is 11.8 Å². The molecule has 0 saturated carbocycles. The molecule has 1 atom stereocenters. The maximum atomic E-state index is 13.2. The minimum atomic E-state index is -0.286. The minimum absolute atomic E-state index is 0.112. The van der Waals surface area contributed by atoms with Gasteiger partial charge >= 0.3 is 0 Å². The van der Waals surface area contributed by atoms with Crippen molar-refractivity contribution in [2.24, 2.45) is 0 Å². The van der Waals surface area contributed by atoms with E-state index in [1.54, 1.807) is 6.07 Å². The maximum Gasteiger partial charge on any atom is 0.224 e. The van der Waals surface area contributed by atoms with Crippen LogP contribution in [0.25, 0.3) is 0 Å². The molecule has 0 aliphatic carbocycles. The fourth-order valence-corrected chi connectivity index (χ4v) is 2.98. The van der Waals surface area contributed by atoms with E-state index < -0.39 is 0 Å². The molecule has 0 aromatic heterocycles. The second-order valence-electron chi connectivity index (χ2n) is 6.47. The molecule has 138 valence electrons. The first-order valence-electron chi connectivity index (χ1n) is 9.08. The zero-order valence-electron chi connectivity index (χ0n) is 14.7. The van der Waals surface area contributed by atoms with Crippen molar-refractivity contribution in [3.63, 3.8) is 0 Å². The summed E-state index contributed by atoms with van der Waals surface area (Å²) >= 11 is 0. The van der Waals surface area contributed by atoms with Gasteiger partial charge in [0.1, 0.15) is 18.2 Å². The monoisotopic (exact) mass is 357 g/mol. The van der Waals surface area contributed by atoms with Gasteiger partial charge in [-0.1, -0.05) is 24.3 Å². The molecule has 2 aromatic carbocycles. The summed E-state index contributed by atoms with van der Waals surface area (Å²) in [4.78, 5) is 12.2. The third-order valence-corrected chi connectivity index (χ3v) is 4.39. The van der Waals surface area contributed by atoms with Crippen molar-refractivity contribution in [3.8, 4) is 5.75 Å². The van der Waals surface area contributed by atoms with E-state index in [2.05, 4.69) is 5.32 Å². The van der Waals surface area contributed by atoms with Crippen LogP contribution < -0.4 is 10.1 Å². The Hall–Kier alpha value is -2.40. The minimum Gasteiger partial charge on any atom is -0.489 e. The van der Waals surface area contributed by atoms with E-state index in [1.807, 2.05) is 30.3 Å². The molecule has 1 heterocycles. The summed E-state index contributed by atoms with van der Waals surface area (Å²) in [7, 11) is 0. The van der Waals surface area contributed by atoms with Gasteiger partial charge < -0.3 is 14.8 Å².